The van der Waals surface area contributed by atoms with Gasteiger partial charge < -0.3 is 9.64 Å². The van der Waals surface area contributed by atoms with Gasteiger partial charge in [0.15, 0.2) is 0 Å². The summed E-state index contributed by atoms with van der Waals surface area (Å²) in [7, 11) is 0. The van der Waals surface area contributed by atoms with Crippen molar-refractivity contribution in [3.05, 3.63) is 16.1 Å². The van der Waals surface area contributed by atoms with Gasteiger partial charge in [0, 0.05) is 18.5 Å². The van der Waals surface area contributed by atoms with Gasteiger partial charge in [0.2, 0.25) is 5.01 Å². The Morgan fingerprint density at radius 3 is 2.90 bits per heavy atom. The molecule has 2 rings (SSSR count). The lowest BCUT2D eigenvalue weighted by Crippen LogP contribution is -2.32. The summed E-state index contributed by atoms with van der Waals surface area (Å²) >= 11 is 1.17. The third-order valence-corrected chi connectivity index (χ3v) is 4.71. The Morgan fingerprint density at radius 2 is 2.19 bits per heavy atom. The molecule has 1 saturated heterocycles. The molecule has 6 heteroatoms. The van der Waals surface area contributed by atoms with Crippen LogP contribution in [-0.4, -0.2) is 41.5 Å². The molecule has 1 atom stereocenters. The van der Waals surface area contributed by atoms with E-state index in [9.17, 15) is 9.59 Å². The van der Waals surface area contributed by atoms with Gasteiger partial charge in [0.1, 0.15) is 5.69 Å². The van der Waals surface area contributed by atoms with Crippen molar-refractivity contribution in [2.75, 3.05) is 19.7 Å². The number of carbonyl (C=O) groups excluding carboxylic acids is 2. The van der Waals surface area contributed by atoms with Crippen LogP contribution in [-0.2, 0) is 4.74 Å². The predicted octanol–water partition coefficient (Wildman–Crippen LogP) is 2.97. The number of rotatable bonds is 4. The van der Waals surface area contributed by atoms with E-state index in [-0.39, 0.29) is 10.9 Å². The van der Waals surface area contributed by atoms with Gasteiger partial charge in [-0.25, -0.2) is 9.78 Å². The van der Waals surface area contributed by atoms with E-state index in [1.807, 2.05) is 4.90 Å². The average molecular weight is 310 g/mol. The van der Waals surface area contributed by atoms with Gasteiger partial charge in [-0.15, -0.1) is 11.3 Å². The fraction of sp³-hybridized carbons (Fsp3) is 0.667. The summed E-state index contributed by atoms with van der Waals surface area (Å²) < 4.78 is 4.90. The van der Waals surface area contributed by atoms with Crippen LogP contribution in [0.15, 0.2) is 5.38 Å². The molecule has 1 amide bonds. The molecule has 21 heavy (non-hydrogen) atoms. The number of esters is 1. The summed E-state index contributed by atoms with van der Waals surface area (Å²) in [5, 5.41) is 1.90. The van der Waals surface area contributed by atoms with Gasteiger partial charge in [0.25, 0.3) is 5.91 Å². The van der Waals surface area contributed by atoms with Crippen molar-refractivity contribution in [1.29, 1.82) is 0 Å². The third kappa shape index (κ3) is 4.03. The summed E-state index contributed by atoms with van der Waals surface area (Å²) in [5.74, 6) is 0.190. The quantitative estimate of drug-likeness (QED) is 0.802. The molecule has 1 aromatic heterocycles. The normalized spacial score (nSPS) is 19.1. The highest BCUT2D eigenvalue weighted by Crippen LogP contribution is 2.22. The van der Waals surface area contributed by atoms with Gasteiger partial charge in [0.05, 0.1) is 6.61 Å². The van der Waals surface area contributed by atoms with E-state index >= 15 is 0 Å². The van der Waals surface area contributed by atoms with Crippen molar-refractivity contribution in [2.45, 2.75) is 39.5 Å². The van der Waals surface area contributed by atoms with Crippen molar-refractivity contribution >= 4 is 23.2 Å². The summed E-state index contributed by atoms with van der Waals surface area (Å²) in [4.78, 5) is 30.0. The molecule has 2 heterocycles. The topological polar surface area (TPSA) is 59.5 Å². The lowest BCUT2D eigenvalue weighted by atomic mass is 9.98. The summed E-state index contributed by atoms with van der Waals surface area (Å²) in [6.07, 6.45) is 4.45. The first-order chi connectivity index (χ1) is 10.2. The first-order valence-corrected chi connectivity index (χ1v) is 8.45. The minimum Gasteiger partial charge on any atom is -0.461 e. The minimum atomic E-state index is -0.455. The van der Waals surface area contributed by atoms with Crippen LogP contribution >= 0.6 is 11.3 Å². The zero-order valence-electron chi connectivity index (χ0n) is 12.6. The van der Waals surface area contributed by atoms with E-state index in [1.165, 1.54) is 24.2 Å². The smallest absolute Gasteiger partial charge is 0.367 e. The molecular weight excluding hydrogens is 288 g/mol. The number of hydrogen-bond acceptors (Lipinski definition) is 5. The fourth-order valence-corrected chi connectivity index (χ4v) is 3.28. The first kappa shape index (κ1) is 15.9. The fourth-order valence-electron chi connectivity index (χ4n) is 2.60. The number of hydrogen-bond donors (Lipinski definition) is 0. The van der Waals surface area contributed by atoms with Crippen LogP contribution in [0.3, 0.4) is 0 Å². The van der Waals surface area contributed by atoms with Crippen molar-refractivity contribution in [3.63, 3.8) is 0 Å². The number of thiazole rings is 1. The van der Waals surface area contributed by atoms with Crippen molar-refractivity contribution in [3.8, 4) is 0 Å². The molecule has 1 aliphatic heterocycles. The molecule has 1 unspecified atom stereocenters. The highest BCUT2D eigenvalue weighted by Gasteiger charge is 2.23. The monoisotopic (exact) mass is 310 g/mol. The number of nitrogens with zero attached hydrogens (tertiary/aromatic N) is 2. The highest BCUT2D eigenvalue weighted by molar-refractivity contribution is 7.11. The molecule has 0 aliphatic carbocycles. The number of ether oxygens (including phenoxy) is 1. The number of likely N-dealkylation sites (tertiary alicyclic amines) is 1. The molecule has 0 bridgehead atoms. The average Bonchev–Trinajstić information content (AvgIpc) is 2.86. The SMILES string of the molecule is CCOC(=O)c1nc(C(=O)N2CCCC(CC)CC2)cs1. The molecular formula is C15H22N2O3S. The Labute approximate surface area is 129 Å². The van der Waals surface area contributed by atoms with Gasteiger partial charge in [-0.1, -0.05) is 13.3 Å². The zero-order valence-corrected chi connectivity index (χ0v) is 13.4. The maximum atomic E-state index is 12.5. The maximum Gasteiger partial charge on any atom is 0.367 e. The molecule has 0 N–H and O–H groups in total. The Kier molecular flexibility index (Phi) is 5.73. The molecule has 5 nitrogen and oxygen atoms in total. The lowest BCUT2D eigenvalue weighted by molar-refractivity contribution is 0.0526. The van der Waals surface area contributed by atoms with Gasteiger partial charge >= 0.3 is 5.97 Å². The second kappa shape index (κ2) is 7.54. The van der Waals surface area contributed by atoms with Crippen LogP contribution in [0, 0.1) is 5.92 Å². The van der Waals surface area contributed by atoms with Gasteiger partial charge in [-0.3, -0.25) is 4.79 Å². The maximum absolute atomic E-state index is 12.5. The number of carbonyl (C=O) groups is 2. The lowest BCUT2D eigenvalue weighted by Gasteiger charge is -2.19. The van der Waals surface area contributed by atoms with Crippen LogP contribution in [0.5, 0.6) is 0 Å². The highest BCUT2D eigenvalue weighted by atomic mass is 32.1. The molecule has 0 saturated carbocycles. The summed E-state index contributed by atoms with van der Waals surface area (Å²) in [6, 6.07) is 0. The van der Waals surface area contributed by atoms with E-state index in [4.69, 9.17) is 4.74 Å². The Morgan fingerprint density at radius 1 is 1.38 bits per heavy atom. The second-order valence-corrected chi connectivity index (χ2v) is 6.11. The van der Waals surface area contributed by atoms with Crippen molar-refractivity contribution in [1.82, 2.24) is 9.88 Å². The van der Waals surface area contributed by atoms with E-state index in [0.717, 1.165) is 25.9 Å². The van der Waals surface area contributed by atoms with Crippen LogP contribution in [0.1, 0.15) is 59.8 Å². The van der Waals surface area contributed by atoms with Gasteiger partial charge in [-0.05, 0) is 32.1 Å². The Hall–Kier alpha value is -1.43. The second-order valence-electron chi connectivity index (χ2n) is 5.26. The molecule has 0 radical (unpaired) electrons. The van der Waals surface area contributed by atoms with Crippen LogP contribution in [0.4, 0.5) is 0 Å². The summed E-state index contributed by atoms with van der Waals surface area (Å²) in [5.41, 5.74) is 0.359. The molecule has 1 aromatic rings. The van der Waals surface area contributed by atoms with Crippen LogP contribution in [0.25, 0.3) is 0 Å². The Bertz CT molecular complexity index is 501. The standard InChI is InChI=1S/C15H22N2O3S/c1-3-11-6-5-8-17(9-7-11)14(18)12-10-21-13(16-12)15(19)20-4-2/h10-11H,3-9H2,1-2H3. The van der Waals surface area contributed by atoms with E-state index in [1.54, 1.807) is 12.3 Å². The first-order valence-electron chi connectivity index (χ1n) is 7.57. The molecule has 1 fully saturated rings. The molecule has 0 aromatic carbocycles. The minimum absolute atomic E-state index is 0.0708. The molecule has 0 spiro atoms. The van der Waals surface area contributed by atoms with Gasteiger partial charge in [-0.2, -0.15) is 0 Å². The van der Waals surface area contributed by atoms with Crippen molar-refractivity contribution < 1.29 is 14.3 Å². The predicted molar refractivity (Wildman–Crippen MR) is 81.6 cm³/mol. The largest absolute Gasteiger partial charge is 0.461 e. The van der Waals surface area contributed by atoms with Crippen molar-refractivity contribution in [2.24, 2.45) is 5.92 Å². The van der Waals surface area contributed by atoms with Crippen LogP contribution < -0.4 is 0 Å². The van der Waals surface area contributed by atoms with E-state index < -0.39 is 5.97 Å². The molecule has 116 valence electrons. The summed E-state index contributed by atoms with van der Waals surface area (Å²) in [6.45, 7) is 5.82. The Balaban J connectivity index is 2.01. The zero-order chi connectivity index (χ0) is 15.2. The van der Waals surface area contributed by atoms with E-state index in [2.05, 4.69) is 11.9 Å². The number of amides is 1. The number of aromatic nitrogens is 1. The molecule has 1 aliphatic rings. The van der Waals surface area contributed by atoms with E-state index in [0.29, 0.717) is 18.2 Å². The van der Waals surface area contributed by atoms with Crippen LogP contribution in [0.2, 0.25) is 0 Å². The third-order valence-electron chi connectivity index (χ3n) is 3.89.